The average molecular weight is 993 g/mol. The molecule has 7 unspecified atom stereocenters. The van der Waals surface area contributed by atoms with Crippen molar-refractivity contribution < 1.29 is 39.8 Å². The molecule has 70 heavy (non-hydrogen) atoms. The van der Waals surface area contributed by atoms with E-state index in [0.29, 0.717) is 12.8 Å². The minimum absolute atomic E-state index is 0.134. The largest absolute Gasteiger partial charge is 0.394 e. The minimum atomic E-state index is -1.55. The lowest BCUT2D eigenvalue weighted by Gasteiger charge is -2.40. The molecule has 0 aromatic rings. The maximum atomic E-state index is 13.0. The van der Waals surface area contributed by atoms with Gasteiger partial charge in [-0.25, -0.2) is 0 Å². The van der Waals surface area contributed by atoms with E-state index in [4.69, 9.17) is 9.47 Å². The Morgan fingerprint density at radius 3 is 1.23 bits per heavy atom. The van der Waals surface area contributed by atoms with Crippen LogP contribution in [0.25, 0.3) is 0 Å². The monoisotopic (exact) mass is 992 g/mol. The van der Waals surface area contributed by atoms with Gasteiger partial charge in [-0.2, -0.15) is 0 Å². The van der Waals surface area contributed by atoms with Crippen molar-refractivity contribution in [1.82, 2.24) is 5.32 Å². The topological polar surface area (TPSA) is 149 Å². The van der Waals surface area contributed by atoms with Gasteiger partial charge in [0.1, 0.15) is 24.4 Å². The van der Waals surface area contributed by atoms with E-state index in [9.17, 15) is 30.3 Å². The lowest BCUT2D eigenvalue weighted by atomic mass is 9.99. The fourth-order valence-electron chi connectivity index (χ4n) is 9.96. The van der Waals surface area contributed by atoms with Gasteiger partial charge >= 0.3 is 0 Å². The van der Waals surface area contributed by atoms with Crippen LogP contribution in [-0.4, -0.2) is 87.5 Å². The number of unbranched alkanes of at least 4 members (excludes halogenated alkanes) is 39. The van der Waals surface area contributed by atoms with E-state index in [1.54, 1.807) is 0 Å². The molecule has 0 radical (unpaired) electrons. The summed E-state index contributed by atoms with van der Waals surface area (Å²) in [7, 11) is 0. The first-order chi connectivity index (χ1) is 34.3. The lowest BCUT2D eigenvalue weighted by molar-refractivity contribution is -0.302. The molecule has 0 spiro atoms. The third-order valence-corrected chi connectivity index (χ3v) is 14.8. The van der Waals surface area contributed by atoms with Crippen molar-refractivity contribution >= 4 is 5.91 Å². The van der Waals surface area contributed by atoms with Gasteiger partial charge in [0.2, 0.25) is 5.91 Å². The number of ether oxygens (including phenoxy) is 2. The zero-order chi connectivity index (χ0) is 50.8. The molecule has 0 bridgehead atoms. The molecule has 1 fully saturated rings. The third-order valence-electron chi connectivity index (χ3n) is 14.8. The molecule has 0 aromatic carbocycles. The summed E-state index contributed by atoms with van der Waals surface area (Å²) in [6.07, 6.45) is 58.3. The van der Waals surface area contributed by atoms with Crippen molar-refractivity contribution in [2.45, 2.75) is 346 Å². The summed E-state index contributed by atoms with van der Waals surface area (Å²) >= 11 is 0. The van der Waals surface area contributed by atoms with Crippen LogP contribution in [0, 0.1) is 0 Å². The number of aliphatic hydroxyl groups is 5. The maximum absolute atomic E-state index is 13.0. The van der Waals surface area contributed by atoms with Crippen LogP contribution in [0.2, 0.25) is 0 Å². The molecule has 7 atom stereocenters. The van der Waals surface area contributed by atoms with Crippen LogP contribution in [0.3, 0.4) is 0 Å². The summed E-state index contributed by atoms with van der Waals surface area (Å²) in [5, 5.41) is 54.5. The molecule has 9 nitrogen and oxygen atoms in total. The first-order valence-corrected chi connectivity index (χ1v) is 30.5. The minimum Gasteiger partial charge on any atom is -0.394 e. The number of nitrogens with one attached hydrogen (secondary N) is 1. The van der Waals surface area contributed by atoms with E-state index in [1.807, 2.05) is 0 Å². The molecule has 1 heterocycles. The Hall–Kier alpha value is -1.33. The predicted octanol–water partition coefficient (Wildman–Crippen LogP) is 15.4. The molecule has 1 saturated heterocycles. The Kier molecular flexibility index (Phi) is 48.7. The maximum Gasteiger partial charge on any atom is 0.220 e. The molecular weight excluding hydrogens is 875 g/mol. The van der Waals surface area contributed by atoms with Gasteiger partial charge in [-0.15, -0.1) is 0 Å². The highest BCUT2D eigenvalue weighted by Crippen LogP contribution is 2.23. The number of allylic oxidation sites excluding steroid dienone is 4. The highest BCUT2D eigenvalue weighted by molar-refractivity contribution is 5.76. The van der Waals surface area contributed by atoms with Crippen LogP contribution in [0.5, 0.6) is 0 Å². The molecule has 6 N–H and O–H groups in total. The van der Waals surface area contributed by atoms with Gasteiger partial charge in [-0.3, -0.25) is 4.79 Å². The predicted molar refractivity (Wildman–Crippen MR) is 295 cm³/mol. The molecule has 0 aromatic heterocycles. The average Bonchev–Trinajstić information content (AvgIpc) is 3.36. The molecule has 0 saturated carbocycles. The zero-order valence-electron chi connectivity index (χ0n) is 46.0. The van der Waals surface area contributed by atoms with Crippen LogP contribution in [0.4, 0.5) is 0 Å². The van der Waals surface area contributed by atoms with Crippen molar-refractivity contribution in [1.29, 1.82) is 0 Å². The molecule has 9 heteroatoms. The van der Waals surface area contributed by atoms with E-state index in [2.05, 4.69) is 43.5 Å². The smallest absolute Gasteiger partial charge is 0.220 e. The second-order valence-corrected chi connectivity index (χ2v) is 21.5. The Morgan fingerprint density at radius 2 is 0.843 bits per heavy atom. The van der Waals surface area contributed by atoms with E-state index in [0.717, 1.165) is 44.9 Å². The summed E-state index contributed by atoms with van der Waals surface area (Å²) in [5.41, 5.74) is 0. The number of aliphatic hydroxyl groups excluding tert-OH is 5. The summed E-state index contributed by atoms with van der Waals surface area (Å²) in [4.78, 5) is 13.0. The van der Waals surface area contributed by atoms with E-state index in [1.165, 1.54) is 231 Å². The number of carbonyl (C=O) groups is 1. The molecule has 1 amide bonds. The van der Waals surface area contributed by atoms with Crippen LogP contribution in [0.15, 0.2) is 24.3 Å². The lowest BCUT2D eigenvalue weighted by Crippen LogP contribution is -2.60. The van der Waals surface area contributed by atoms with Crippen molar-refractivity contribution in [3.05, 3.63) is 24.3 Å². The van der Waals surface area contributed by atoms with Crippen LogP contribution >= 0.6 is 0 Å². The van der Waals surface area contributed by atoms with E-state index < -0.39 is 49.5 Å². The van der Waals surface area contributed by atoms with Crippen molar-refractivity contribution in [2.24, 2.45) is 0 Å². The van der Waals surface area contributed by atoms with Gasteiger partial charge in [0.15, 0.2) is 6.29 Å². The Labute approximate surface area is 432 Å². The number of hydrogen-bond acceptors (Lipinski definition) is 8. The Morgan fingerprint density at radius 1 is 0.486 bits per heavy atom. The highest BCUT2D eigenvalue weighted by atomic mass is 16.7. The summed E-state index contributed by atoms with van der Waals surface area (Å²) < 4.78 is 11.3. The second-order valence-electron chi connectivity index (χ2n) is 21.5. The number of carbonyl (C=O) groups excluding carboxylic acids is 1. The van der Waals surface area contributed by atoms with Crippen molar-refractivity contribution in [2.75, 3.05) is 13.2 Å². The van der Waals surface area contributed by atoms with Gasteiger partial charge in [-0.05, 0) is 44.9 Å². The SMILES string of the molecule is CCCCCCC/C=C\C/C=C\CCCCCCCCCCCCCCCCCCCCCCCCCCCC(=O)NC(COC1OC(CO)C(O)C(O)C1O)C(O)CCCCCCCCCCCC. The zero-order valence-corrected chi connectivity index (χ0v) is 46.0. The first kappa shape index (κ1) is 66.7. The van der Waals surface area contributed by atoms with Crippen LogP contribution in [-0.2, 0) is 14.3 Å². The fourth-order valence-corrected chi connectivity index (χ4v) is 9.96. The number of amides is 1. The van der Waals surface area contributed by atoms with Crippen molar-refractivity contribution in [3.63, 3.8) is 0 Å². The fraction of sp³-hybridized carbons (Fsp3) is 0.918. The molecule has 0 aliphatic carbocycles. The summed E-state index contributed by atoms with van der Waals surface area (Å²) in [6, 6.07) is -0.714. The van der Waals surface area contributed by atoms with E-state index >= 15 is 0 Å². The third kappa shape index (κ3) is 40.1. The summed E-state index contributed by atoms with van der Waals surface area (Å²) in [6.45, 7) is 3.83. The first-order valence-electron chi connectivity index (χ1n) is 30.5. The Bertz CT molecular complexity index is 1150. The number of hydrogen-bond donors (Lipinski definition) is 6. The van der Waals surface area contributed by atoms with Gasteiger partial charge in [0.05, 0.1) is 25.4 Å². The van der Waals surface area contributed by atoms with E-state index in [-0.39, 0.29) is 12.5 Å². The molecule has 414 valence electrons. The Balaban J connectivity index is 2.00. The quantitative estimate of drug-likeness (QED) is 0.0261. The molecule has 1 aliphatic heterocycles. The molecular formula is C61H117NO8. The summed E-state index contributed by atoms with van der Waals surface area (Å²) in [5.74, 6) is -0.140. The van der Waals surface area contributed by atoms with Crippen LogP contribution in [0.1, 0.15) is 303 Å². The van der Waals surface area contributed by atoms with Gasteiger partial charge in [0, 0.05) is 6.42 Å². The highest BCUT2D eigenvalue weighted by Gasteiger charge is 2.44. The van der Waals surface area contributed by atoms with Crippen molar-refractivity contribution in [3.8, 4) is 0 Å². The number of rotatable bonds is 53. The normalized spacial score (nSPS) is 19.4. The standard InChI is InChI=1S/C61H117NO8/c1-3-5-7-9-11-13-15-16-17-18-19-20-21-22-23-24-25-26-27-28-29-30-31-32-33-34-35-36-37-38-39-40-41-43-45-47-49-51-57(65)62-54(53-69-61-60(68)59(67)58(66)56(52-63)70-61)55(64)50-48-46-44-42-14-12-10-8-6-4-2/h15-16,18-19,54-56,58-61,63-64,66-68H,3-14,17,20-53H2,1-2H3,(H,62,65)/b16-15-,19-18-. The second kappa shape index (κ2) is 51.2. The van der Waals surface area contributed by atoms with Crippen LogP contribution < -0.4 is 5.32 Å². The van der Waals surface area contributed by atoms with Gasteiger partial charge < -0.3 is 40.3 Å². The molecule has 1 aliphatic rings. The van der Waals surface area contributed by atoms with Gasteiger partial charge in [-0.1, -0.05) is 276 Å². The van der Waals surface area contributed by atoms with Gasteiger partial charge in [0.25, 0.3) is 0 Å². The molecule has 1 rings (SSSR count).